The Morgan fingerprint density at radius 3 is 2.30 bits per heavy atom. The highest BCUT2D eigenvalue weighted by molar-refractivity contribution is 5.94. The van der Waals surface area contributed by atoms with Gasteiger partial charge in [0.15, 0.2) is 0 Å². The number of rotatable bonds is 5. The van der Waals surface area contributed by atoms with E-state index in [2.05, 4.69) is 0 Å². The lowest BCUT2D eigenvalue weighted by Gasteiger charge is -2.35. The molecule has 0 aliphatic carbocycles. The van der Waals surface area contributed by atoms with E-state index in [4.69, 9.17) is 4.74 Å². The molecule has 0 saturated carbocycles. The smallest absolute Gasteiger partial charge is 0.257 e. The van der Waals surface area contributed by atoms with E-state index in [0.29, 0.717) is 18.8 Å². The Labute approximate surface area is 156 Å². The number of ether oxygens (including phenoxy) is 1. The summed E-state index contributed by atoms with van der Waals surface area (Å²) >= 11 is 0. The summed E-state index contributed by atoms with van der Waals surface area (Å²) in [6.07, 6.45) is 0.237. The minimum absolute atomic E-state index is 0.0602. The number of halogens is 2. The highest BCUT2D eigenvalue weighted by Gasteiger charge is 2.26. The molecule has 0 aromatic heterocycles. The molecule has 1 heterocycles. The van der Waals surface area contributed by atoms with Crippen LogP contribution in [0.4, 0.5) is 8.78 Å². The number of hydrogen-bond acceptors (Lipinski definition) is 3. The third-order valence-corrected chi connectivity index (χ3v) is 4.41. The molecule has 0 radical (unpaired) electrons. The van der Waals surface area contributed by atoms with Crippen molar-refractivity contribution < 1.29 is 23.1 Å². The molecule has 2 aromatic carbocycles. The highest BCUT2D eigenvalue weighted by atomic mass is 19.1. The molecule has 2 amide bonds. The van der Waals surface area contributed by atoms with Gasteiger partial charge in [0, 0.05) is 26.2 Å². The molecule has 5 nitrogen and oxygen atoms in total. The maximum absolute atomic E-state index is 13.8. The van der Waals surface area contributed by atoms with Crippen molar-refractivity contribution in [1.29, 1.82) is 0 Å². The van der Waals surface area contributed by atoms with E-state index in [0.717, 1.165) is 18.2 Å². The Morgan fingerprint density at radius 1 is 0.926 bits per heavy atom. The van der Waals surface area contributed by atoms with E-state index >= 15 is 0 Å². The highest BCUT2D eigenvalue weighted by Crippen LogP contribution is 2.15. The van der Waals surface area contributed by atoms with Crippen LogP contribution in [0.25, 0.3) is 0 Å². The first kappa shape index (κ1) is 18.8. The quantitative estimate of drug-likeness (QED) is 0.809. The molecule has 7 heteroatoms. The summed E-state index contributed by atoms with van der Waals surface area (Å²) in [6, 6.07) is 12.0. The zero-order valence-electron chi connectivity index (χ0n) is 14.7. The van der Waals surface area contributed by atoms with Gasteiger partial charge in [-0.3, -0.25) is 9.59 Å². The zero-order valence-corrected chi connectivity index (χ0v) is 14.7. The van der Waals surface area contributed by atoms with Gasteiger partial charge in [-0.2, -0.15) is 0 Å². The van der Waals surface area contributed by atoms with Crippen molar-refractivity contribution >= 4 is 11.8 Å². The lowest BCUT2D eigenvalue weighted by atomic mass is 10.1. The maximum Gasteiger partial charge on any atom is 0.257 e. The maximum atomic E-state index is 13.8. The summed E-state index contributed by atoms with van der Waals surface area (Å²) in [6.45, 7) is 1.54. The van der Waals surface area contributed by atoms with Crippen LogP contribution >= 0.6 is 0 Å². The molecule has 1 saturated heterocycles. The van der Waals surface area contributed by atoms with Crippen molar-refractivity contribution in [3.05, 3.63) is 65.7 Å². The van der Waals surface area contributed by atoms with Gasteiger partial charge in [-0.15, -0.1) is 0 Å². The van der Waals surface area contributed by atoms with Gasteiger partial charge in [-0.1, -0.05) is 18.2 Å². The number of amides is 2. The number of carbonyl (C=O) groups excluding carboxylic acids is 2. The van der Waals surface area contributed by atoms with Crippen molar-refractivity contribution in [2.75, 3.05) is 32.8 Å². The van der Waals surface area contributed by atoms with Gasteiger partial charge >= 0.3 is 0 Å². The van der Waals surface area contributed by atoms with Crippen molar-refractivity contribution in [3.8, 4) is 5.75 Å². The summed E-state index contributed by atoms with van der Waals surface area (Å²) in [4.78, 5) is 27.7. The molecular weight excluding hydrogens is 354 g/mol. The molecular formula is C20H20F2N2O3. The number of nitrogens with zero attached hydrogens (tertiary/aromatic N) is 2. The van der Waals surface area contributed by atoms with Crippen LogP contribution in [-0.4, -0.2) is 54.4 Å². The van der Waals surface area contributed by atoms with E-state index in [1.807, 2.05) is 30.3 Å². The number of para-hydroxylation sites is 1. The van der Waals surface area contributed by atoms with Gasteiger partial charge in [0.05, 0.1) is 18.6 Å². The van der Waals surface area contributed by atoms with Gasteiger partial charge in [0.2, 0.25) is 5.91 Å². The van der Waals surface area contributed by atoms with Crippen LogP contribution in [0.5, 0.6) is 5.75 Å². The summed E-state index contributed by atoms with van der Waals surface area (Å²) in [5.41, 5.74) is -0.286. The molecule has 142 valence electrons. The van der Waals surface area contributed by atoms with Gasteiger partial charge in [-0.05, 0) is 30.3 Å². The first-order valence-corrected chi connectivity index (χ1v) is 8.74. The van der Waals surface area contributed by atoms with Crippen molar-refractivity contribution in [1.82, 2.24) is 9.80 Å². The summed E-state index contributed by atoms with van der Waals surface area (Å²) < 4.78 is 32.6. The Bertz CT molecular complexity index is 806. The molecule has 27 heavy (non-hydrogen) atoms. The Balaban J connectivity index is 1.47. The summed E-state index contributed by atoms with van der Waals surface area (Å²) in [5.74, 6) is -1.33. The van der Waals surface area contributed by atoms with Gasteiger partial charge in [-0.25, -0.2) is 8.78 Å². The molecule has 0 atom stereocenters. The second-order valence-corrected chi connectivity index (χ2v) is 6.21. The first-order chi connectivity index (χ1) is 13.0. The van der Waals surface area contributed by atoms with Gasteiger partial charge in [0.25, 0.3) is 5.91 Å². The third-order valence-electron chi connectivity index (χ3n) is 4.41. The standard InChI is InChI=1S/C20H20F2N2O3/c21-15-6-7-18(22)17(14-15)20(26)24-11-9-23(10-12-24)19(25)8-13-27-16-4-2-1-3-5-16/h1-7,14H,8-13H2. The fraction of sp³-hybridized carbons (Fsp3) is 0.300. The second kappa shape index (κ2) is 8.62. The normalized spacial score (nSPS) is 14.1. The molecule has 1 fully saturated rings. The molecule has 0 spiro atoms. The Kier molecular flexibility index (Phi) is 6.01. The van der Waals surface area contributed by atoms with Crippen LogP contribution in [0.15, 0.2) is 48.5 Å². The zero-order chi connectivity index (χ0) is 19.2. The largest absolute Gasteiger partial charge is 0.493 e. The molecule has 0 bridgehead atoms. The van der Waals surface area contributed by atoms with Crippen LogP contribution in [0.3, 0.4) is 0 Å². The predicted molar refractivity (Wildman–Crippen MR) is 95.4 cm³/mol. The number of piperazine rings is 1. The lowest BCUT2D eigenvalue weighted by molar-refractivity contribution is -0.133. The summed E-state index contributed by atoms with van der Waals surface area (Å²) in [5, 5.41) is 0. The average Bonchev–Trinajstić information content (AvgIpc) is 2.70. The lowest BCUT2D eigenvalue weighted by Crippen LogP contribution is -2.50. The fourth-order valence-corrected chi connectivity index (χ4v) is 2.92. The first-order valence-electron chi connectivity index (χ1n) is 8.74. The van der Waals surface area contributed by atoms with E-state index in [1.165, 1.54) is 4.90 Å². The van der Waals surface area contributed by atoms with E-state index in [9.17, 15) is 18.4 Å². The van der Waals surface area contributed by atoms with Crippen LogP contribution in [0.1, 0.15) is 16.8 Å². The van der Waals surface area contributed by atoms with Crippen LogP contribution < -0.4 is 4.74 Å². The van der Waals surface area contributed by atoms with E-state index < -0.39 is 17.5 Å². The number of hydrogen-bond donors (Lipinski definition) is 0. The second-order valence-electron chi connectivity index (χ2n) is 6.21. The van der Waals surface area contributed by atoms with Gasteiger partial charge < -0.3 is 14.5 Å². The Morgan fingerprint density at radius 2 is 1.59 bits per heavy atom. The minimum Gasteiger partial charge on any atom is -0.493 e. The number of carbonyl (C=O) groups is 2. The van der Waals surface area contributed by atoms with E-state index in [-0.39, 0.29) is 37.6 Å². The molecule has 0 N–H and O–H groups in total. The van der Waals surface area contributed by atoms with Gasteiger partial charge in [0.1, 0.15) is 17.4 Å². The van der Waals surface area contributed by atoms with Crippen LogP contribution in [0.2, 0.25) is 0 Å². The minimum atomic E-state index is -0.752. The molecule has 0 unspecified atom stereocenters. The van der Waals surface area contributed by atoms with Crippen molar-refractivity contribution in [2.24, 2.45) is 0 Å². The van der Waals surface area contributed by atoms with E-state index in [1.54, 1.807) is 4.90 Å². The van der Waals surface area contributed by atoms with Crippen molar-refractivity contribution in [2.45, 2.75) is 6.42 Å². The molecule has 1 aliphatic heterocycles. The SMILES string of the molecule is O=C(CCOc1ccccc1)N1CCN(C(=O)c2cc(F)ccc2F)CC1. The van der Waals surface area contributed by atoms with Crippen LogP contribution in [-0.2, 0) is 4.79 Å². The third kappa shape index (κ3) is 4.81. The van der Waals surface area contributed by atoms with Crippen LogP contribution in [0, 0.1) is 11.6 Å². The molecule has 1 aliphatic rings. The monoisotopic (exact) mass is 374 g/mol. The topological polar surface area (TPSA) is 49.9 Å². The average molecular weight is 374 g/mol. The predicted octanol–water partition coefficient (Wildman–Crippen LogP) is 2.72. The summed E-state index contributed by atoms with van der Waals surface area (Å²) in [7, 11) is 0. The fourth-order valence-electron chi connectivity index (χ4n) is 2.92. The number of benzene rings is 2. The van der Waals surface area contributed by atoms with Crippen molar-refractivity contribution in [3.63, 3.8) is 0 Å². The molecule has 3 rings (SSSR count). The Hall–Kier alpha value is -2.96. The molecule has 2 aromatic rings.